The highest BCUT2D eigenvalue weighted by Crippen LogP contribution is 2.31. The van der Waals surface area contributed by atoms with Crippen molar-refractivity contribution in [1.82, 2.24) is 10.6 Å². The van der Waals surface area contributed by atoms with E-state index in [1.165, 1.54) is 21.3 Å². The highest BCUT2D eigenvalue weighted by Gasteiger charge is 2.20. The molecule has 1 atom stereocenters. The molecule has 1 rings (SSSR count). The van der Waals surface area contributed by atoms with Gasteiger partial charge in [0, 0.05) is 13.0 Å². The van der Waals surface area contributed by atoms with Gasteiger partial charge < -0.3 is 29.6 Å². The van der Waals surface area contributed by atoms with Gasteiger partial charge in [0.2, 0.25) is 5.91 Å². The van der Waals surface area contributed by atoms with E-state index in [2.05, 4.69) is 10.6 Å². The maximum atomic E-state index is 12.2. The number of carbonyl (C=O) groups excluding carboxylic acids is 3. The van der Waals surface area contributed by atoms with Crippen LogP contribution in [0.4, 0.5) is 4.79 Å². The standard InChI is InChI=1S/C18H26N2O7/c1-5-27-18(23)19-9-8-16(21)20-13(11-17(22)26-4)12-6-7-14(24-2)15(10-12)25-3/h6-7,10,13H,5,8-9,11H2,1-4H3,(H,19,23)(H,20,21). The van der Waals surface area contributed by atoms with E-state index in [1.807, 2.05) is 0 Å². The van der Waals surface area contributed by atoms with Crippen LogP contribution >= 0.6 is 0 Å². The first-order valence-electron chi connectivity index (χ1n) is 8.43. The minimum atomic E-state index is -0.618. The molecule has 0 saturated heterocycles. The molecule has 2 amide bonds. The molecular weight excluding hydrogens is 356 g/mol. The van der Waals surface area contributed by atoms with Gasteiger partial charge in [0.25, 0.3) is 0 Å². The van der Waals surface area contributed by atoms with Gasteiger partial charge in [-0.1, -0.05) is 6.07 Å². The topological polar surface area (TPSA) is 112 Å². The third-order valence-corrected chi connectivity index (χ3v) is 3.64. The summed E-state index contributed by atoms with van der Waals surface area (Å²) < 4.78 is 19.9. The van der Waals surface area contributed by atoms with Gasteiger partial charge in [-0.3, -0.25) is 9.59 Å². The molecule has 0 bridgehead atoms. The van der Waals surface area contributed by atoms with Crippen LogP contribution in [0, 0.1) is 0 Å². The average Bonchev–Trinajstić information content (AvgIpc) is 2.66. The number of alkyl carbamates (subject to hydrolysis) is 1. The number of ether oxygens (including phenoxy) is 4. The van der Waals surface area contributed by atoms with E-state index in [0.29, 0.717) is 17.1 Å². The minimum absolute atomic E-state index is 0.0315. The van der Waals surface area contributed by atoms with Crippen molar-refractivity contribution in [2.24, 2.45) is 0 Å². The number of amides is 2. The zero-order valence-electron chi connectivity index (χ0n) is 16.0. The lowest BCUT2D eigenvalue weighted by atomic mass is 10.0. The Balaban J connectivity index is 2.81. The molecule has 0 heterocycles. The van der Waals surface area contributed by atoms with Gasteiger partial charge in [0.15, 0.2) is 11.5 Å². The molecule has 0 radical (unpaired) electrons. The second-order valence-corrected chi connectivity index (χ2v) is 5.41. The number of nitrogens with one attached hydrogen (secondary N) is 2. The number of rotatable bonds is 10. The highest BCUT2D eigenvalue weighted by atomic mass is 16.5. The van der Waals surface area contributed by atoms with Crippen molar-refractivity contribution >= 4 is 18.0 Å². The quantitative estimate of drug-likeness (QED) is 0.591. The lowest BCUT2D eigenvalue weighted by Gasteiger charge is -2.20. The summed E-state index contributed by atoms with van der Waals surface area (Å²) in [5, 5.41) is 5.23. The van der Waals surface area contributed by atoms with Gasteiger partial charge in [-0.15, -0.1) is 0 Å². The molecule has 9 nitrogen and oxygen atoms in total. The Bertz CT molecular complexity index is 649. The number of hydrogen-bond acceptors (Lipinski definition) is 7. The molecule has 1 unspecified atom stereocenters. The Morgan fingerprint density at radius 1 is 1.07 bits per heavy atom. The van der Waals surface area contributed by atoms with Crippen LogP contribution in [0.5, 0.6) is 11.5 Å². The van der Waals surface area contributed by atoms with Gasteiger partial charge in [-0.2, -0.15) is 0 Å². The van der Waals surface area contributed by atoms with Crippen LogP contribution in [0.15, 0.2) is 18.2 Å². The van der Waals surface area contributed by atoms with E-state index in [9.17, 15) is 14.4 Å². The summed E-state index contributed by atoms with van der Waals surface area (Å²) in [6.45, 7) is 2.05. The molecule has 2 N–H and O–H groups in total. The Morgan fingerprint density at radius 2 is 1.78 bits per heavy atom. The Morgan fingerprint density at radius 3 is 2.37 bits per heavy atom. The van der Waals surface area contributed by atoms with Crippen molar-refractivity contribution in [2.75, 3.05) is 34.5 Å². The number of benzene rings is 1. The minimum Gasteiger partial charge on any atom is -0.493 e. The SMILES string of the molecule is CCOC(=O)NCCC(=O)NC(CC(=O)OC)c1ccc(OC)c(OC)c1. The maximum absolute atomic E-state index is 12.2. The normalized spacial score (nSPS) is 11.1. The van der Waals surface area contributed by atoms with Crippen molar-refractivity contribution in [3.05, 3.63) is 23.8 Å². The van der Waals surface area contributed by atoms with Crippen LogP contribution in [-0.2, 0) is 19.1 Å². The smallest absolute Gasteiger partial charge is 0.407 e. The molecule has 0 fully saturated rings. The van der Waals surface area contributed by atoms with Crippen LogP contribution < -0.4 is 20.1 Å². The van der Waals surface area contributed by atoms with E-state index < -0.39 is 18.1 Å². The molecule has 0 aliphatic rings. The summed E-state index contributed by atoms with van der Waals surface area (Å²) in [7, 11) is 4.29. The molecule has 1 aromatic carbocycles. The average molecular weight is 382 g/mol. The fourth-order valence-electron chi connectivity index (χ4n) is 2.30. The summed E-state index contributed by atoms with van der Waals surface area (Å²) in [4.78, 5) is 35.2. The molecule has 27 heavy (non-hydrogen) atoms. The zero-order chi connectivity index (χ0) is 20.2. The van der Waals surface area contributed by atoms with Crippen molar-refractivity contribution in [1.29, 1.82) is 0 Å². The van der Waals surface area contributed by atoms with Crippen molar-refractivity contribution in [2.45, 2.75) is 25.8 Å². The second kappa shape index (κ2) is 11.6. The van der Waals surface area contributed by atoms with Crippen molar-refractivity contribution in [3.8, 4) is 11.5 Å². The second-order valence-electron chi connectivity index (χ2n) is 5.41. The van der Waals surface area contributed by atoms with E-state index in [0.717, 1.165) is 0 Å². The van der Waals surface area contributed by atoms with Crippen molar-refractivity contribution in [3.63, 3.8) is 0 Å². The Hall–Kier alpha value is -2.97. The molecule has 150 valence electrons. The Kier molecular flexibility index (Phi) is 9.49. The molecule has 9 heteroatoms. The summed E-state index contributed by atoms with van der Waals surface area (Å²) in [5.41, 5.74) is 0.657. The fraction of sp³-hybridized carbons (Fsp3) is 0.500. The van der Waals surface area contributed by atoms with Gasteiger partial charge in [-0.05, 0) is 24.6 Å². The highest BCUT2D eigenvalue weighted by molar-refractivity contribution is 5.79. The van der Waals surface area contributed by atoms with Gasteiger partial charge in [-0.25, -0.2) is 4.79 Å². The number of carbonyl (C=O) groups is 3. The summed E-state index contributed by atoms with van der Waals surface area (Å²) >= 11 is 0. The first-order valence-corrected chi connectivity index (χ1v) is 8.43. The zero-order valence-corrected chi connectivity index (χ0v) is 16.0. The summed E-state index contributed by atoms with van der Waals surface area (Å²) in [6.07, 6.45) is -0.608. The number of esters is 1. The van der Waals surface area contributed by atoms with Gasteiger partial charge in [0.05, 0.1) is 40.4 Å². The van der Waals surface area contributed by atoms with Gasteiger partial charge in [0.1, 0.15) is 0 Å². The first-order chi connectivity index (χ1) is 12.9. The van der Waals surface area contributed by atoms with Crippen LogP contribution in [0.3, 0.4) is 0 Å². The summed E-state index contributed by atoms with van der Waals surface area (Å²) in [5.74, 6) is 0.196. The molecular formula is C18H26N2O7. The lowest BCUT2D eigenvalue weighted by molar-refractivity contribution is -0.141. The predicted octanol–water partition coefficient (Wildman–Crippen LogP) is 1.56. The molecule has 0 aliphatic carbocycles. The number of hydrogen-bond donors (Lipinski definition) is 2. The van der Waals surface area contributed by atoms with Crippen LogP contribution in [0.2, 0.25) is 0 Å². The van der Waals surface area contributed by atoms with Crippen LogP contribution in [0.25, 0.3) is 0 Å². The van der Waals surface area contributed by atoms with Crippen molar-refractivity contribution < 1.29 is 33.3 Å². The van der Waals surface area contributed by atoms with Crippen LogP contribution in [0.1, 0.15) is 31.4 Å². The van der Waals surface area contributed by atoms with E-state index in [1.54, 1.807) is 25.1 Å². The first kappa shape index (κ1) is 22.1. The molecule has 0 aliphatic heterocycles. The maximum Gasteiger partial charge on any atom is 0.407 e. The fourth-order valence-corrected chi connectivity index (χ4v) is 2.30. The molecule has 0 aromatic heterocycles. The monoisotopic (exact) mass is 382 g/mol. The van der Waals surface area contributed by atoms with Gasteiger partial charge >= 0.3 is 12.1 Å². The molecule has 0 saturated carbocycles. The number of methoxy groups -OCH3 is 3. The molecule has 1 aromatic rings. The largest absolute Gasteiger partial charge is 0.493 e. The third kappa shape index (κ3) is 7.43. The van der Waals surface area contributed by atoms with E-state index in [4.69, 9.17) is 18.9 Å². The molecule has 0 spiro atoms. The Labute approximate surface area is 158 Å². The lowest BCUT2D eigenvalue weighted by Crippen LogP contribution is -2.34. The van der Waals surface area contributed by atoms with Crippen LogP contribution in [-0.4, -0.2) is 52.5 Å². The third-order valence-electron chi connectivity index (χ3n) is 3.64. The van der Waals surface area contributed by atoms with E-state index >= 15 is 0 Å². The summed E-state index contributed by atoms with van der Waals surface area (Å²) in [6, 6.07) is 4.48. The predicted molar refractivity (Wildman–Crippen MR) is 96.7 cm³/mol. The van der Waals surface area contributed by atoms with E-state index in [-0.39, 0.29) is 31.9 Å².